The fourth-order valence-electron chi connectivity index (χ4n) is 2.34. The van der Waals surface area contributed by atoms with Gasteiger partial charge in [0.2, 0.25) is 5.91 Å². The number of carbonyl (C=O) groups is 2. The highest BCUT2D eigenvalue weighted by atomic mass is 19.1. The minimum absolute atomic E-state index is 0.136. The number of hydrogen-bond acceptors (Lipinski definition) is 2. The molecule has 0 bridgehead atoms. The molecule has 2 aromatic carbocycles. The number of halogens is 2. The van der Waals surface area contributed by atoms with Gasteiger partial charge in [-0.2, -0.15) is 0 Å². The molecule has 1 atom stereocenters. The zero-order valence-electron chi connectivity index (χ0n) is 14.3. The van der Waals surface area contributed by atoms with E-state index in [1.165, 1.54) is 30.3 Å². The number of rotatable bonds is 5. The Labute approximate surface area is 145 Å². The third-order valence-corrected chi connectivity index (χ3v) is 3.81. The Morgan fingerprint density at radius 3 is 2.36 bits per heavy atom. The number of anilines is 1. The minimum atomic E-state index is -0.894. The predicted molar refractivity (Wildman–Crippen MR) is 92.3 cm³/mol. The maximum atomic E-state index is 13.7. The molecule has 0 spiro atoms. The molecule has 1 unspecified atom stereocenters. The molecule has 0 fully saturated rings. The highest BCUT2D eigenvalue weighted by Crippen LogP contribution is 2.17. The normalized spacial score (nSPS) is 11.9. The van der Waals surface area contributed by atoms with Crippen molar-refractivity contribution in [3.05, 3.63) is 65.2 Å². The molecule has 0 aliphatic rings. The molecular weight excluding hydrogens is 326 g/mol. The van der Waals surface area contributed by atoms with E-state index >= 15 is 0 Å². The van der Waals surface area contributed by atoms with Crippen LogP contribution >= 0.6 is 0 Å². The summed E-state index contributed by atoms with van der Waals surface area (Å²) < 4.78 is 27.1. The van der Waals surface area contributed by atoms with E-state index in [2.05, 4.69) is 10.6 Å². The number of carbonyl (C=O) groups excluding carboxylic acids is 2. The van der Waals surface area contributed by atoms with E-state index in [9.17, 15) is 18.4 Å². The van der Waals surface area contributed by atoms with E-state index in [1.54, 1.807) is 32.9 Å². The van der Waals surface area contributed by atoms with E-state index in [4.69, 9.17) is 0 Å². The largest absolute Gasteiger partial charge is 0.340 e. The second-order valence-electron chi connectivity index (χ2n) is 6.12. The number of amides is 2. The van der Waals surface area contributed by atoms with Crippen LogP contribution in [0.1, 0.15) is 29.8 Å². The fourth-order valence-corrected chi connectivity index (χ4v) is 2.34. The number of aryl methyl sites for hydroxylation is 1. The summed E-state index contributed by atoms with van der Waals surface area (Å²) in [7, 11) is 0. The van der Waals surface area contributed by atoms with Crippen molar-refractivity contribution in [3.8, 4) is 0 Å². The summed E-state index contributed by atoms with van der Waals surface area (Å²) >= 11 is 0. The maximum Gasteiger partial charge on any atom is 0.254 e. The Hall–Kier alpha value is -2.76. The van der Waals surface area contributed by atoms with E-state index in [0.29, 0.717) is 11.3 Å². The van der Waals surface area contributed by atoms with Crippen LogP contribution in [-0.2, 0) is 4.79 Å². The predicted octanol–water partition coefficient (Wildman–Crippen LogP) is 3.67. The maximum absolute atomic E-state index is 13.7. The Bertz CT molecular complexity index is 791. The van der Waals surface area contributed by atoms with Crippen LogP contribution < -0.4 is 10.6 Å². The van der Waals surface area contributed by atoms with Crippen molar-refractivity contribution in [1.82, 2.24) is 5.32 Å². The second-order valence-corrected chi connectivity index (χ2v) is 6.12. The van der Waals surface area contributed by atoms with Crippen LogP contribution in [0, 0.1) is 24.5 Å². The van der Waals surface area contributed by atoms with Crippen LogP contribution in [0.5, 0.6) is 0 Å². The summed E-state index contributed by atoms with van der Waals surface area (Å²) in [6, 6.07) is 8.70. The molecule has 132 valence electrons. The highest BCUT2D eigenvalue weighted by Gasteiger charge is 2.26. The lowest BCUT2D eigenvalue weighted by Gasteiger charge is -2.22. The van der Waals surface area contributed by atoms with Gasteiger partial charge in [-0.15, -0.1) is 0 Å². The van der Waals surface area contributed by atoms with Crippen LogP contribution in [0.25, 0.3) is 0 Å². The topological polar surface area (TPSA) is 58.2 Å². The molecule has 2 N–H and O–H groups in total. The van der Waals surface area contributed by atoms with Crippen molar-refractivity contribution in [2.24, 2.45) is 5.92 Å². The lowest BCUT2D eigenvalue weighted by molar-refractivity contribution is -0.118. The lowest BCUT2D eigenvalue weighted by atomic mass is 10.0. The SMILES string of the molecule is Cc1ccc(F)cc1NC(=O)C(NC(=O)c1ccccc1F)C(C)C. The van der Waals surface area contributed by atoms with Crippen molar-refractivity contribution >= 4 is 17.5 Å². The summed E-state index contributed by atoms with van der Waals surface area (Å²) in [5.41, 5.74) is 0.886. The summed E-state index contributed by atoms with van der Waals surface area (Å²) in [6.07, 6.45) is 0. The monoisotopic (exact) mass is 346 g/mol. The number of hydrogen-bond donors (Lipinski definition) is 2. The lowest BCUT2D eigenvalue weighted by Crippen LogP contribution is -2.47. The van der Waals surface area contributed by atoms with Crippen LogP contribution in [0.3, 0.4) is 0 Å². The van der Waals surface area contributed by atoms with Gasteiger partial charge >= 0.3 is 0 Å². The first-order chi connectivity index (χ1) is 11.8. The van der Waals surface area contributed by atoms with Crippen LogP contribution in [0.2, 0.25) is 0 Å². The first-order valence-electron chi connectivity index (χ1n) is 7.92. The Balaban J connectivity index is 2.17. The van der Waals surface area contributed by atoms with Gasteiger partial charge in [0.1, 0.15) is 17.7 Å². The highest BCUT2D eigenvalue weighted by molar-refractivity contribution is 6.01. The molecule has 0 radical (unpaired) electrons. The molecule has 2 amide bonds. The first kappa shape index (κ1) is 18.6. The van der Waals surface area contributed by atoms with Gasteiger partial charge in [-0.3, -0.25) is 9.59 Å². The third-order valence-electron chi connectivity index (χ3n) is 3.81. The second kappa shape index (κ2) is 7.88. The standard InChI is InChI=1S/C19H20F2N2O2/c1-11(2)17(23-18(24)14-6-4-5-7-15(14)21)19(25)22-16-10-13(20)9-8-12(16)3/h4-11,17H,1-3H3,(H,22,25)(H,23,24). The molecule has 25 heavy (non-hydrogen) atoms. The molecule has 2 aromatic rings. The van der Waals surface area contributed by atoms with Crippen molar-refractivity contribution in [1.29, 1.82) is 0 Å². The summed E-state index contributed by atoms with van der Waals surface area (Å²) in [5, 5.41) is 5.16. The van der Waals surface area contributed by atoms with Gasteiger partial charge in [0.15, 0.2) is 0 Å². The van der Waals surface area contributed by atoms with Crippen molar-refractivity contribution in [2.45, 2.75) is 26.8 Å². The zero-order chi connectivity index (χ0) is 18.6. The average Bonchev–Trinajstić information content (AvgIpc) is 2.55. The number of benzene rings is 2. The summed E-state index contributed by atoms with van der Waals surface area (Å²) in [6.45, 7) is 5.24. The molecule has 0 aliphatic heterocycles. The van der Waals surface area contributed by atoms with E-state index in [1.807, 2.05) is 0 Å². The van der Waals surface area contributed by atoms with Crippen molar-refractivity contribution < 1.29 is 18.4 Å². The van der Waals surface area contributed by atoms with Gasteiger partial charge in [0, 0.05) is 5.69 Å². The quantitative estimate of drug-likeness (QED) is 0.868. The number of nitrogens with one attached hydrogen (secondary N) is 2. The molecule has 4 nitrogen and oxygen atoms in total. The Kier molecular flexibility index (Phi) is 5.85. The van der Waals surface area contributed by atoms with Crippen molar-refractivity contribution in [3.63, 3.8) is 0 Å². The van der Waals surface area contributed by atoms with E-state index < -0.39 is 29.5 Å². The molecule has 6 heteroatoms. The van der Waals surface area contributed by atoms with Gasteiger partial charge in [0.25, 0.3) is 5.91 Å². The van der Waals surface area contributed by atoms with Gasteiger partial charge in [0.05, 0.1) is 5.56 Å². The summed E-state index contributed by atoms with van der Waals surface area (Å²) in [5.74, 6) is -2.55. The van der Waals surface area contributed by atoms with Crippen LogP contribution in [-0.4, -0.2) is 17.9 Å². The molecule has 0 aromatic heterocycles. The minimum Gasteiger partial charge on any atom is -0.340 e. The van der Waals surface area contributed by atoms with E-state index in [0.717, 1.165) is 0 Å². The Morgan fingerprint density at radius 2 is 1.72 bits per heavy atom. The Morgan fingerprint density at radius 1 is 1.04 bits per heavy atom. The summed E-state index contributed by atoms with van der Waals surface area (Å²) in [4.78, 5) is 24.8. The van der Waals surface area contributed by atoms with E-state index in [-0.39, 0.29) is 11.5 Å². The molecule has 0 saturated carbocycles. The van der Waals surface area contributed by atoms with Crippen LogP contribution in [0.4, 0.5) is 14.5 Å². The molecule has 0 aliphatic carbocycles. The van der Waals surface area contributed by atoms with Gasteiger partial charge < -0.3 is 10.6 Å². The van der Waals surface area contributed by atoms with Crippen molar-refractivity contribution in [2.75, 3.05) is 5.32 Å². The van der Waals surface area contributed by atoms with Crippen LogP contribution in [0.15, 0.2) is 42.5 Å². The fraction of sp³-hybridized carbons (Fsp3) is 0.263. The average molecular weight is 346 g/mol. The first-order valence-corrected chi connectivity index (χ1v) is 7.92. The molecule has 2 rings (SSSR count). The van der Waals surface area contributed by atoms with Gasteiger partial charge in [-0.25, -0.2) is 8.78 Å². The molecule has 0 heterocycles. The molecular formula is C19H20F2N2O2. The van der Waals surface area contributed by atoms with Gasteiger partial charge in [-0.05, 0) is 42.7 Å². The third kappa shape index (κ3) is 4.62. The molecule has 0 saturated heterocycles. The van der Waals surface area contributed by atoms with Gasteiger partial charge in [-0.1, -0.05) is 32.0 Å². The zero-order valence-corrected chi connectivity index (χ0v) is 14.3. The smallest absolute Gasteiger partial charge is 0.254 e.